The molecular weight excluding hydrogens is 370 g/mol. The van der Waals surface area contributed by atoms with E-state index >= 15 is 0 Å². The second kappa shape index (κ2) is 7.83. The lowest BCUT2D eigenvalue weighted by molar-refractivity contribution is -0.130. The van der Waals surface area contributed by atoms with Crippen molar-refractivity contribution in [1.29, 1.82) is 0 Å². The van der Waals surface area contributed by atoms with Crippen molar-refractivity contribution in [3.05, 3.63) is 48.0 Å². The maximum atomic E-state index is 11.5. The monoisotopic (exact) mass is 393 g/mol. The van der Waals surface area contributed by atoms with Crippen molar-refractivity contribution in [3.63, 3.8) is 0 Å². The van der Waals surface area contributed by atoms with Crippen LogP contribution in [0.25, 0.3) is 22.2 Å². The number of hydrazone groups is 1. The van der Waals surface area contributed by atoms with Crippen LogP contribution in [-0.4, -0.2) is 41.0 Å². The standard InChI is InChI=1S/C21H23N5O3/c1-13(27)26-9-7-16(8-10-26)28-17-4-2-3-14(11-17)20-18-12-15(21(22)24-23)5-6-19(18)25-29-20/h2-6,11-12,16H,7-10,23H2,1H3,(H2,22,24). The SMILES string of the molecule is CC(=O)N1CCC(Oc2cccc(-c3onc4ccc(/C(N)=N/N)cc34)c2)CC1. The van der Waals surface area contributed by atoms with E-state index in [1.54, 1.807) is 13.0 Å². The van der Waals surface area contributed by atoms with E-state index in [1.165, 1.54) is 0 Å². The van der Waals surface area contributed by atoms with Gasteiger partial charge in [-0.05, 0) is 30.3 Å². The normalized spacial score (nSPS) is 15.6. The number of hydrogen-bond acceptors (Lipinski definition) is 6. The summed E-state index contributed by atoms with van der Waals surface area (Å²) in [5, 5.41) is 8.49. The van der Waals surface area contributed by atoms with Crippen molar-refractivity contribution in [2.24, 2.45) is 16.7 Å². The third kappa shape index (κ3) is 3.87. The zero-order valence-corrected chi connectivity index (χ0v) is 16.2. The van der Waals surface area contributed by atoms with Crippen molar-refractivity contribution >= 4 is 22.6 Å². The molecule has 150 valence electrons. The van der Waals surface area contributed by atoms with Gasteiger partial charge >= 0.3 is 0 Å². The molecule has 1 aliphatic rings. The Morgan fingerprint density at radius 1 is 1.24 bits per heavy atom. The molecule has 0 atom stereocenters. The Morgan fingerprint density at radius 2 is 2.03 bits per heavy atom. The molecule has 1 amide bonds. The molecular formula is C21H23N5O3. The Hall–Kier alpha value is -3.55. The maximum Gasteiger partial charge on any atom is 0.219 e. The van der Waals surface area contributed by atoms with Gasteiger partial charge in [-0.3, -0.25) is 4.79 Å². The van der Waals surface area contributed by atoms with Gasteiger partial charge in [0.1, 0.15) is 23.2 Å². The summed E-state index contributed by atoms with van der Waals surface area (Å²) < 4.78 is 11.8. The van der Waals surface area contributed by atoms with Crippen LogP contribution in [0.2, 0.25) is 0 Å². The summed E-state index contributed by atoms with van der Waals surface area (Å²) in [5.74, 6) is 7.03. The number of ether oxygens (including phenoxy) is 1. The largest absolute Gasteiger partial charge is 0.490 e. The van der Waals surface area contributed by atoms with Crippen LogP contribution in [0.5, 0.6) is 5.75 Å². The lowest BCUT2D eigenvalue weighted by atomic mass is 10.1. The fourth-order valence-corrected chi connectivity index (χ4v) is 3.58. The Balaban J connectivity index is 1.57. The predicted molar refractivity (Wildman–Crippen MR) is 110 cm³/mol. The lowest BCUT2D eigenvalue weighted by Gasteiger charge is -2.31. The molecule has 1 saturated heterocycles. The zero-order valence-electron chi connectivity index (χ0n) is 16.2. The molecule has 1 fully saturated rings. The first-order chi connectivity index (χ1) is 14.0. The van der Waals surface area contributed by atoms with Crippen LogP contribution < -0.4 is 16.3 Å². The fourth-order valence-electron chi connectivity index (χ4n) is 3.58. The van der Waals surface area contributed by atoms with Crippen LogP contribution in [0, 0.1) is 0 Å². The Bertz CT molecular complexity index is 1070. The quantitative estimate of drug-likeness (QED) is 0.304. The zero-order chi connectivity index (χ0) is 20.4. The van der Waals surface area contributed by atoms with Crippen molar-refractivity contribution in [2.75, 3.05) is 13.1 Å². The number of fused-ring (bicyclic) bond motifs is 1. The molecule has 1 aromatic heterocycles. The molecule has 8 nitrogen and oxygen atoms in total. The molecule has 0 bridgehead atoms. The summed E-state index contributed by atoms with van der Waals surface area (Å²) in [6.07, 6.45) is 1.71. The van der Waals surface area contributed by atoms with Crippen LogP contribution in [0.1, 0.15) is 25.3 Å². The number of rotatable bonds is 4. The minimum Gasteiger partial charge on any atom is -0.490 e. The van der Waals surface area contributed by atoms with Gasteiger partial charge in [0.25, 0.3) is 0 Å². The second-order valence-electron chi connectivity index (χ2n) is 7.11. The van der Waals surface area contributed by atoms with Gasteiger partial charge in [0.2, 0.25) is 5.91 Å². The molecule has 8 heteroatoms. The van der Waals surface area contributed by atoms with E-state index in [9.17, 15) is 4.79 Å². The van der Waals surface area contributed by atoms with Crippen LogP contribution in [-0.2, 0) is 4.79 Å². The average Bonchev–Trinajstić information content (AvgIpc) is 3.17. The van der Waals surface area contributed by atoms with Gasteiger partial charge in [-0.25, -0.2) is 0 Å². The smallest absolute Gasteiger partial charge is 0.219 e. The summed E-state index contributed by atoms with van der Waals surface area (Å²) in [6, 6.07) is 13.2. The summed E-state index contributed by atoms with van der Waals surface area (Å²) >= 11 is 0. The number of hydrogen-bond donors (Lipinski definition) is 2. The number of nitrogens with two attached hydrogens (primary N) is 2. The number of nitrogens with zero attached hydrogens (tertiary/aromatic N) is 3. The van der Waals surface area contributed by atoms with Crippen LogP contribution in [0.3, 0.4) is 0 Å². The molecule has 0 unspecified atom stereocenters. The van der Waals surface area contributed by atoms with Crippen molar-refractivity contribution in [3.8, 4) is 17.1 Å². The molecule has 4 rings (SSSR count). The molecule has 4 N–H and O–H groups in total. The third-order valence-corrected chi connectivity index (χ3v) is 5.20. The first-order valence-corrected chi connectivity index (χ1v) is 9.51. The Kier molecular flexibility index (Phi) is 5.07. The van der Waals surface area contributed by atoms with E-state index in [2.05, 4.69) is 10.3 Å². The number of aromatic nitrogens is 1. The first-order valence-electron chi connectivity index (χ1n) is 9.51. The predicted octanol–water partition coefficient (Wildman–Crippen LogP) is 2.46. The van der Waals surface area contributed by atoms with E-state index < -0.39 is 0 Å². The van der Waals surface area contributed by atoms with E-state index in [0.29, 0.717) is 11.3 Å². The minimum absolute atomic E-state index is 0.0829. The van der Waals surface area contributed by atoms with Crippen LogP contribution in [0.15, 0.2) is 52.1 Å². The second-order valence-corrected chi connectivity index (χ2v) is 7.11. The van der Waals surface area contributed by atoms with Gasteiger partial charge in [-0.1, -0.05) is 17.3 Å². The highest BCUT2D eigenvalue weighted by Crippen LogP contribution is 2.32. The molecule has 1 aliphatic heterocycles. The number of piperidine rings is 1. The van der Waals surface area contributed by atoms with Gasteiger partial charge in [0.05, 0.1) is 5.39 Å². The van der Waals surface area contributed by atoms with Gasteiger partial charge in [-0.2, -0.15) is 5.10 Å². The Morgan fingerprint density at radius 3 is 2.76 bits per heavy atom. The van der Waals surface area contributed by atoms with E-state index in [1.807, 2.05) is 41.3 Å². The number of carbonyl (C=O) groups excluding carboxylic acids is 1. The Labute approximate surface area is 168 Å². The highest BCUT2D eigenvalue weighted by Gasteiger charge is 2.22. The number of carbonyl (C=O) groups is 1. The van der Waals surface area contributed by atoms with Crippen LogP contribution in [0.4, 0.5) is 0 Å². The highest BCUT2D eigenvalue weighted by molar-refractivity contribution is 6.02. The molecule has 2 heterocycles. The summed E-state index contributed by atoms with van der Waals surface area (Å²) in [6.45, 7) is 3.05. The number of amides is 1. The number of amidine groups is 1. The fraction of sp³-hybridized carbons (Fsp3) is 0.286. The first kappa shape index (κ1) is 18.8. The molecule has 2 aromatic carbocycles. The molecule has 0 spiro atoms. The molecule has 0 saturated carbocycles. The highest BCUT2D eigenvalue weighted by atomic mass is 16.5. The van der Waals surface area contributed by atoms with Crippen molar-refractivity contribution < 1.29 is 14.1 Å². The van der Waals surface area contributed by atoms with Gasteiger partial charge in [0, 0.05) is 44.0 Å². The topological polar surface area (TPSA) is 120 Å². The molecule has 0 aliphatic carbocycles. The van der Waals surface area contributed by atoms with Gasteiger partial charge in [0.15, 0.2) is 5.76 Å². The van der Waals surface area contributed by atoms with Gasteiger partial charge in [-0.15, -0.1) is 0 Å². The summed E-state index contributed by atoms with van der Waals surface area (Å²) in [4.78, 5) is 13.3. The van der Waals surface area contributed by atoms with E-state index in [0.717, 1.165) is 48.1 Å². The van der Waals surface area contributed by atoms with Crippen molar-refractivity contribution in [2.45, 2.75) is 25.9 Å². The average molecular weight is 393 g/mol. The van der Waals surface area contributed by atoms with Gasteiger partial charge < -0.3 is 25.7 Å². The summed E-state index contributed by atoms with van der Waals surface area (Å²) in [5.41, 5.74) is 8.10. The minimum atomic E-state index is 0.0829. The maximum absolute atomic E-state index is 11.5. The lowest BCUT2D eigenvalue weighted by Crippen LogP contribution is -2.40. The molecule has 3 aromatic rings. The molecule has 29 heavy (non-hydrogen) atoms. The number of likely N-dealkylation sites (tertiary alicyclic amines) is 1. The summed E-state index contributed by atoms with van der Waals surface area (Å²) in [7, 11) is 0. The van der Waals surface area contributed by atoms with E-state index in [4.69, 9.17) is 20.8 Å². The third-order valence-electron chi connectivity index (χ3n) is 5.20. The van der Waals surface area contributed by atoms with E-state index in [-0.39, 0.29) is 17.8 Å². The number of benzene rings is 2. The molecule has 0 radical (unpaired) electrons. The van der Waals surface area contributed by atoms with Crippen molar-refractivity contribution in [1.82, 2.24) is 10.1 Å². The van der Waals surface area contributed by atoms with Crippen LogP contribution >= 0.6 is 0 Å².